The molecule has 1 N–H and O–H groups in total. The van der Waals surface area contributed by atoms with E-state index in [9.17, 15) is 22.8 Å². The Morgan fingerprint density at radius 2 is 2.00 bits per heavy atom. The summed E-state index contributed by atoms with van der Waals surface area (Å²) in [5.74, 6) is 3.06. The molecule has 130 valence electrons. The van der Waals surface area contributed by atoms with E-state index < -0.39 is 24.3 Å². The van der Waals surface area contributed by atoms with Gasteiger partial charge in [-0.2, -0.15) is 13.2 Å². The Kier molecular flexibility index (Phi) is 6.65. The number of amides is 1. The minimum Gasteiger partial charge on any atom is -0.435 e. The number of alkyl halides is 3. The van der Waals surface area contributed by atoms with E-state index in [4.69, 9.17) is 4.74 Å². The molecule has 0 bridgehead atoms. The Bertz CT molecular complexity index is 674. The second-order valence-corrected chi connectivity index (χ2v) is 4.71. The van der Waals surface area contributed by atoms with E-state index in [0.717, 1.165) is 5.56 Å². The maximum absolute atomic E-state index is 12.4. The Hall–Kier alpha value is -2.69. The van der Waals surface area contributed by atoms with Crippen molar-refractivity contribution in [3.63, 3.8) is 0 Å². The summed E-state index contributed by atoms with van der Waals surface area (Å²) >= 11 is 0. The van der Waals surface area contributed by atoms with Crippen LogP contribution in [0.5, 0.6) is 0 Å². The zero-order valence-corrected chi connectivity index (χ0v) is 13.3. The summed E-state index contributed by atoms with van der Waals surface area (Å²) < 4.78 is 46.5. The molecule has 1 atom stereocenters. The lowest BCUT2D eigenvalue weighted by Crippen LogP contribution is -2.30. The van der Waals surface area contributed by atoms with Crippen LogP contribution in [0.4, 0.5) is 23.7 Å². The van der Waals surface area contributed by atoms with Gasteiger partial charge in [-0.25, -0.2) is 4.79 Å². The zero-order valence-electron chi connectivity index (χ0n) is 13.3. The molecule has 0 aliphatic rings. The number of anilines is 1. The first kappa shape index (κ1) is 19.4. The fourth-order valence-corrected chi connectivity index (χ4v) is 1.57. The number of halogens is 3. The van der Waals surface area contributed by atoms with Crippen LogP contribution < -0.4 is 5.32 Å². The molecule has 0 radical (unpaired) electrons. The molecular formula is C16H16F3NO4. The third-order valence-electron chi connectivity index (χ3n) is 2.63. The number of benzene rings is 1. The molecule has 0 aliphatic carbocycles. The van der Waals surface area contributed by atoms with Crippen LogP contribution in [0.2, 0.25) is 0 Å². The Morgan fingerprint density at radius 1 is 1.33 bits per heavy atom. The first-order chi connectivity index (χ1) is 11.1. The van der Waals surface area contributed by atoms with Gasteiger partial charge in [0.15, 0.2) is 6.10 Å². The van der Waals surface area contributed by atoms with Crippen LogP contribution in [0.3, 0.4) is 0 Å². The molecule has 5 nitrogen and oxygen atoms in total. The van der Waals surface area contributed by atoms with Gasteiger partial charge >= 0.3 is 18.2 Å². The van der Waals surface area contributed by atoms with Crippen molar-refractivity contribution >= 4 is 17.7 Å². The van der Waals surface area contributed by atoms with Crippen molar-refractivity contribution in [2.45, 2.75) is 33.1 Å². The summed E-state index contributed by atoms with van der Waals surface area (Å²) in [6.45, 7) is 4.96. The number of hydrogen-bond acceptors (Lipinski definition) is 4. The molecule has 0 saturated heterocycles. The second kappa shape index (κ2) is 8.24. The molecule has 0 aliphatic heterocycles. The third kappa shape index (κ3) is 6.20. The number of hydrogen-bond donors (Lipinski definition) is 1. The smallest absolute Gasteiger partial charge is 0.435 e. The Morgan fingerprint density at radius 3 is 2.58 bits per heavy atom. The Balaban J connectivity index is 2.95. The van der Waals surface area contributed by atoms with Crippen molar-refractivity contribution in [1.82, 2.24) is 0 Å². The summed E-state index contributed by atoms with van der Waals surface area (Å²) in [7, 11) is 0. The van der Waals surface area contributed by atoms with Gasteiger partial charge in [0, 0.05) is 5.56 Å². The van der Waals surface area contributed by atoms with Gasteiger partial charge in [0.2, 0.25) is 0 Å². The van der Waals surface area contributed by atoms with Gasteiger partial charge in [-0.1, -0.05) is 17.9 Å². The van der Waals surface area contributed by atoms with Crippen LogP contribution >= 0.6 is 0 Å². The van der Waals surface area contributed by atoms with Gasteiger partial charge in [0.05, 0.1) is 12.3 Å². The number of nitrogens with one attached hydrogen (secondary N) is 1. The fraction of sp³-hybridized carbons (Fsp3) is 0.375. The quantitative estimate of drug-likeness (QED) is 0.675. The highest BCUT2D eigenvalue weighted by molar-refractivity contribution is 5.96. The molecule has 0 fully saturated rings. The van der Waals surface area contributed by atoms with E-state index in [2.05, 4.69) is 16.6 Å². The predicted octanol–water partition coefficient (Wildman–Crippen LogP) is 3.41. The SMILES string of the molecule is CCOC(=O)OC(C)C#Cc1cc(C)ccc1NC(=O)C(F)(F)F. The van der Waals surface area contributed by atoms with Crippen molar-refractivity contribution in [3.05, 3.63) is 29.3 Å². The first-order valence-corrected chi connectivity index (χ1v) is 6.97. The van der Waals surface area contributed by atoms with E-state index in [1.54, 1.807) is 19.2 Å². The van der Waals surface area contributed by atoms with Gasteiger partial charge in [-0.15, -0.1) is 0 Å². The van der Waals surface area contributed by atoms with Gasteiger partial charge in [-0.3, -0.25) is 4.79 Å². The number of carbonyl (C=O) groups is 2. The van der Waals surface area contributed by atoms with E-state index in [0.29, 0.717) is 0 Å². The summed E-state index contributed by atoms with van der Waals surface area (Å²) in [4.78, 5) is 22.2. The standard InChI is InChI=1S/C16H16F3NO4/c1-4-23-15(22)24-11(3)6-7-12-9-10(2)5-8-13(12)20-14(21)16(17,18)19/h5,8-9,11H,4H2,1-3H3,(H,20,21). The van der Waals surface area contributed by atoms with Crippen LogP contribution in [0.25, 0.3) is 0 Å². The van der Waals surface area contributed by atoms with Crippen molar-refractivity contribution in [2.75, 3.05) is 11.9 Å². The first-order valence-electron chi connectivity index (χ1n) is 6.97. The number of rotatable bonds is 3. The van der Waals surface area contributed by atoms with Crippen LogP contribution in [-0.2, 0) is 14.3 Å². The lowest BCUT2D eigenvalue weighted by Gasteiger charge is -2.10. The van der Waals surface area contributed by atoms with Crippen LogP contribution in [0.1, 0.15) is 25.0 Å². The largest absolute Gasteiger partial charge is 0.509 e. The maximum atomic E-state index is 12.4. The molecule has 1 amide bonds. The van der Waals surface area contributed by atoms with E-state index in [-0.39, 0.29) is 17.9 Å². The highest BCUT2D eigenvalue weighted by Crippen LogP contribution is 2.21. The lowest BCUT2D eigenvalue weighted by molar-refractivity contribution is -0.167. The summed E-state index contributed by atoms with van der Waals surface area (Å²) in [5.41, 5.74) is 0.828. The molecule has 0 aromatic heterocycles. The average molecular weight is 343 g/mol. The molecule has 1 aromatic rings. The van der Waals surface area contributed by atoms with Gasteiger partial charge in [-0.05, 0) is 38.5 Å². The topological polar surface area (TPSA) is 64.6 Å². The highest BCUT2D eigenvalue weighted by atomic mass is 19.4. The second-order valence-electron chi connectivity index (χ2n) is 4.71. The van der Waals surface area contributed by atoms with Crippen molar-refractivity contribution in [3.8, 4) is 11.8 Å². The molecule has 1 unspecified atom stereocenters. The van der Waals surface area contributed by atoms with Gasteiger partial charge in [0.25, 0.3) is 0 Å². The molecule has 1 rings (SSSR count). The average Bonchev–Trinajstić information content (AvgIpc) is 2.46. The van der Waals surface area contributed by atoms with E-state index in [1.165, 1.54) is 25.1 Å². The van der Waals surface area contributed by atoms with Crippen LogP contribution in [0.15, 0.2) is 18.2 Å². The van der Waals surface area contributed by atoms with Crippen molar-refractivity contribution < 1.29 is 32.2 Å². The molecular weight excluding hydrogens is 327 g/mol. The minimum atomic E-state index is -5.00. The van der Waals surface area contributed by atoms with Crippen molar-refractivity contribution in [2.24, 2.45) is 0 Å². The molecule has 0 heterocycles. The highest BCUT2D eigenvalue weighted by Gasteiger charge is 2.38. The van der Waals surface area contributed by atoms with E-state index >= 15 is 0 Å². The maximum Gasteiger partial charge on any atom is 0.509 e. The molecule has 1 aromatic carbocycles. The monoisotopic (exact) mass is 343 g/mol. The van der Waals surface area contributed by atoms with Crippen molar-refractivity contribution in [1.29, 1.82) is 0 Å². The molecule has 8 heteroatoms. The lowest BCUT2D eigenvalue weighted by atomic mass is 10.1. The summed E-state index contributed by atoms with van der Waals surface area (Å²) in [5, 5.41) is 1.76. The van der Waals surface area contributed by atoms with E-state index in [1.807, 2.05) is 0 Å². The summed E-state index contributed by atoms with van der Waals surface area (Å²) in [6, 6.07) is 4.37. The predicted molar refractivity (Wildman–Crippen MR) is 80.3 cm³/mol. The van der Waals surface area contributed by atoms with Gasteiger partial charge in [0.1, 0.15) is 0 Å². The number of aryl methyl sites for hydroxylation is 1. The molecule has 24 heavy (non-hydrogen) atoms. The Labute approximate surface area is 137 Å². The molecule has 0 saturated carbocycles. The van der Waals surface area contributed by atoms with Crippen LogP contribution in [0, 0.1) is 18.8 Å². The van der Waals surface area contributed by atoms with Crippen LogP contribution in [-0.4, -0.2) is 30.9 Å². The van der Waals surface area contributed by atoms with Gasteiger partial charge < -0.3 is 14.8 Å². The summed E-state index contributed by atoms with van der Waals surface area (Å²) in [6.07, 6.45) is -6.74. The zero-order chi connectivity index (χ0) is 18.3. The number of carbonyl (C=O) groups excluding carboxylic acids is 2. The minimum absolute atomic E-state index is 0.0845. The third-order valence-corrected chi connectivity index (χ3v) is 2.63. The fourth-order valence-electron chi connectivity index (χ4n) is 1.57. The normalized spacial score (nSPS) is 11.8. The molecule has 0 spiro atoms. The number of ether oxygens (including phenoxy) is 2.